The van der Waals surface area contributed by atoms with Crippen LogP contribution in [0.5, 0.6) is 0 Å². The van der Waals surface area contributed by atoms with Gasteiger partial charge in [0.25, 0.3) is 0 Å². The minimum atomic E-state index is -0.0338. The normalized spacial score (nSPS) is 16.1. The Balaban J connectivity index is 2.04. The van der Waals surface area contributed by atoms with Crippen molar-refractivity contribution in [3.8, 4) is 0 Å². The van der Waals surface area contributed by atoms with E-state index >= 15 is 0 Å². The third-order valence-corrected chi connectivity index (χ3v) is 5.41. The number of aryl methyl sites for hydroxylation is 1. The molecule has 0 aliphatic carbocycles. The number of rotatable bonds is 2. The summed E-state index contributed by atoms with van der Waals surface area (Å²) in [4.78, 5) is 6.85. The topological polar surface area (TPSA) is 15.6 Å². The van der Waals surface area contributed by atoms with Crippen molar-refractivity contribution in [2.45, 2.75) is 33.2 Å². The van der Waals surface area contributed by atoms with Crippen LogP contribution in [0.25, 0.3) is 5.57 Å². The molecule has 2 nitrogen and oxygen atoms in total. The molecule has 0 bridgehead atoms. The highest BCUT2D eigenvalue weighted by Gasteiger charge is 2.29. The number of anilines is 1. The van der Waals surface area contributed by atoms with Gasteiger partial charge in [-0.1, -0.05) is 35.3 Å². The molecule has 0 fully saturated rings. The first-order valence-electron chi connectivity index (χ1n) is 8.26. The second kappa shape index (κ2) is 6.51. The molecule has 0 saturated heterocycles. The lowest BCUT2D eigenvalue weighted by Crippen LogP contribution is -2.42. The van der Waals surface area contributed by atoms with Gasteiger partial charge in [-0.15, -0.1) is 0 Å². The summed E-state index contributed by atoms with van der Waals surface area (Å²) in [6.07, 6.45) is 4.10. The van der Waals surface area contributed by atoms with Crippen LogP contribution in [0.1, 0.15) is 37.5 Å². The molecule has 0 radical (unpaired) electrons. The Labute approximate surface area is 159 Å². The van der Waals surface area contributed by atoms with Crippen LogP contribution < -0.4 is 4.90 Å². The predicted octanol–water partition coefficient (Wildman–Crippen LogP) is 6.68. The van der Waals surface area contributed by atoms with Crippen LogP contribution in [0.4, 0.5) is 11.4 Å². The molecule has 0 spiro atoms. The van der Waals surface area contributed by atoms with Crippen molar-refractivity contribution in [3.63, 3.8) is 0 Å². The van der Waals surface area contributed by atoms with Crippen molar-refractivity contribution in [1.29, 1.82) is 0 Å². The summed E-state index contributed by atoms with van der Waals surface area (Å²) in [5, 5.41) is 1.37. The molecule has 1 aliphatic heterocycles. The maximum atomic E-state index is 6.54. The van der Waals surface area contributed by atoms with E-state index in [9.17, 15) is 0 Å². The molecule has 0 saturated carbocycles. The minimum absolute atomic E-state index is 0.0338. The molecule has 0 aromatic heterocycles. The molecule has 1 aliphatic rings. The summed E-state index contributed by atoms with van der Waals surface area (Å²) in [6, 6.07) is 9.84. The van der Waals surface area contributed by atoms with Crippen molar-refractivity contribution >= 4 is 46.4 Å². The molecular formula is C21H22Cl2N2. The largest absolute Gasteiger partial charge is 0.365 e. The van der Waals surface area contributed by atoms with Gasteiger partial charge in [0.15, 0.2) is 0 Å². The van der Waals surface area contributed by atoms with Crippen LogP contribution in [0.2, 0.25) is 10.0 Å². The van der Waals surface area contributed by atoms with Crippen LogP contribution in [0, 0.1) is 6.92 Å². The highest BCUT2D eigenvalue weighted by Crippen LogP contribution is 2.40. The molecule has 130 valence electrons. The first-order chi connectivity index (χ1) is 11.7. The number of hydrogen-bond acceptors (Lipinski definition) is 2. The summed E-state index contributed by atoms with van der Waals surface area (Å²) < 4.78 is 0. The van der Waals surface area contributed by atoms with Crippen LogP contribution in [0.3, 0.4) is 0 Å². The van der Waals surface area contributed by atoms with Crippen LogP contribution in [-0.4, -0.2) is 18.8 Å². The number of allylic oxidation sites excluding steroid dienone is 1. The van der Waals surface area contributed by atoms with Gasteiger partial charge in [-0.2, -0.15) is 0 Å². The molecule has 2 aromatic rings. The van der Waals surface area contributed by atoms with Gasteiger partial charge in [-0.3, -0.25) is 4.99 Å². The Bertz CT molecular complexity index is 895. The van der Waals surface area contributed by atoms with Gasteiger partial charge in [-0.05, 0) is 63.1 Å². The van der Waals surface area contributed by atoms with E-state index in [4.69, 9.17) is 23.2 Å². The molecule has 3 rings (SSSR count). The number of hydrogen-bond donors (Lipinski definition) is 0. The Kier molecular flexibility index (Phi) is 4.70. The lowest BCUT2D eigenvalue weighted by Gasteiger charge is -2.40. The van der Waals surface area contributed by atoms with E-state index < -0.39 is 0 Å². The minimum Gasteiger partial charge on any atom is -0.365 e. The van der Waals surface area contributed by atoms with Gasteiger partial charge in [-0.25, -0.2) is 0 Å². The van der Waals surface area contributed by atoms with Crippen molar-refractivity contribution < 1.29 is 0 Å². The third kappa shape index (κ3) is 3.47. The SMILES string of the molecule is CC1=CC(C)(C)N(C)c2cc(Cl)c(C=Nc3cc(Cl)ccc3C)cc21. The van der Waals surface area contributed by atoms with Crippen molar-refractivity contribution in [3.05, 3.63) is 63.1 Å². The number of nitrogens with zero attached hydrogens (tertiary/aromatic N) is 2. The van der Waals surface area contributed by atoms with Crippen LogP contribution >= 0.6 is 23.2 Å². The molecule has 4 heteroatoms. The highest BCUT2D eigenvalue weighted by atomic mass is 35.5. The van der Waals surface area contributed by atoms with Gasteiger partial charge >= 0.3 is 0 Å². The highest BCUT2D eigenvalue weighted by molar-refractivity contribution is 6.33. The molecular weight excluding hydrogens is 351 g/mol. The Morgan fingerprint density at radius 2 is 1.80 bits per heavy atom. The lowest BCUT2D eigenvalue weighted by molar-refractivity contribution is 0.598. The zero-order valence-electron chi connectivity index (χ0n) is 15.2. The van der Waals surface area contributed by atoms with E-state index in [0.717, 1.165) is 22.5 Å². The molecule has 25 heavy (non-hydrogen) atoms. The second-order valence-electron chi connectivity index (χ2n) is 7.12. The van der Waals surface area contributed by atoms with Crippen molar-refractivity contribution in [2.75, 3.05) is 11.9 Å². The molecule has 0 unspecified atom stereocenters. The van der Waals surface area contributed by atoms with E-state index in [0.29, 0.717) is 10.0 Å². The van der Waals surface area contributed by atoms with Gasteiger partial charge in [0.05, 0.1) is 16.2 Å². The number of fused-ring (bicyclic) bond motifs is 1. The standard InChI is InChI=1S/C21H22Cl2N2/c1-13-6-7-16(22)9-19(13)24-12-15-8-17-14(2)11-21(3,4)25(5)20(17)10-18(15)23/h6-12H,1-5H3. The predicted molar refractivity (Wildman–Crippen MR) is 111 cm³/mol. The average molecular weight is 373 g/mol. The maximum Gasteiger partial charge on any atom is 0.0673 e. The van der Waals surface area contributed by atoms with E-state index in [1.165, 1.54) is 11.1 Å². The number of likely N-dealkylation sites (N-methyl/N-ethyl adjacent to an activating group) is 1. The first-order valence-corrected chi connectivity index (χ1v) is 9.02. The zero-order chi connectivity index (χ0) is 18.4. The Hall–Kier alpha value is -1.77. The Morgan fingerprint density at radius 3 is 2.52 bits per heavy atom. The molecule has 1 heterocycles. The summed E-state index contributed by atoms with van der Waals surface area (Å²) in [6.45, 7) is 8.56. The quantitative estimate of drug-likeness (QED) is 0.536. The summed E-state index contributed by atoms with van der Waals surface area (Å²) in [7, 11) is 2.10. The fourth-order valence-electron chi connectivity index (χ4n) is 3.15. The number of aliphatic imine (C=N–C) groups is 1. The van der Waals surface area contributed by atoms with Crippen LogP contribution in [-0.2, 0) is 0 Å². The molecule has 0 atom stereocenters. The monoisotopic (exact) mass is 372 g/mol. The zero-order valence-corrected chi connectivity index (χ0v) is 16.7. The van der Waals surface area contributed by atoms with Gasteiger partial charge < -0.3 is 4.90 Å². The number of benzene rings is 2. The molecule has 0 amide bonds. The molecule has 0 N–H and O–H groups in total. The number of halogens is 2. The fourth-order valence-corrected chi connectivity index (χ4v) is 3.52. The van der Waals surface area contributed by atoms with E-state index in [-0.39, 0.29) is 5.54 Å². The summed E-state index contributed by atoms with van der Waals surface area (Å²) in [5.74, 6) is 0. The lowest BCUT2D eigenvalue weighted by atomic mass is 9.88. The van der Waals surface area contributed by atoms with Crippen molar-refractivity contribution in [1.82, 2.24) is 0 Å². The van der Waals surface area contributed by atoms with Gasteiger partial charge in [0.2, 0.25) is 0 Å². The van der Waals surface area contributed by atoms with Crippen molar-refractivity contribution in [2.24, 2.45) is 4.99 Å². The first kappa shape index (κ1) is 18.0. The summed E-state index contributed by atoms with van der Waals surface area (Å²) >= 11 is 12.6. The van der Waals surface area contributed by atoms with Gasteiger partial charge in [0, 0.05) is 35.1 Å². The van der Waals surface area contributed by atoms with E-state index in [2.05, 4.69) is 49.9 Å². The Morgan fingerprint density at radius 1 is 1.08 bits per heavy atom. The van der Waals surface area contributed by atoms with Gasteiger partial charge in [0.1, 0.15) is 0 Å². The second-order valence-corrected chi connectivity index (χ2v) is 7.96. The molecule has 2 aromatic carbocycles. The summed E-state index contributed by atoms with van der Waals surface area (Å²) in [5.41, 5.74) is 6.39. The average Bonchev–Trinajstić information content (AvgIpc) is 2.54. The van der Waals surface area contributed by atoms with E-state index in [1.54, 1.807) is 0 Å². The third-order valence-electron chi connectivity index (χ3n) is 4.85. The fraction of sp³-hybridized carbons (Fsp3) is 0.286. The van der Waals surface area contributed by atoms with Crippen LogP contribution in [0.15, 0.2) is 41.4 Å². The van der Waals surface area contributed by atoms with E-state index in [1.807, 2.05) is 37.4 Å². The maximum absolute atomic E-state index is 6.54. The smallest absolute Gasteiger partial charge is 0.0673 e.